The maximum Gasteiger partial charge on any atom is -0.000139 e. The molecule has 0 bridgehead atoms. The Labute approximate surface area is 258 Å². The van der Waals surface area contributed by atoms with E-state index in [9.17, 15) is 0 Å². The molecule has 8 aromatic rings. The van der Waals surface area contributed by atoms with Gasteiger partial charge < -0.3 is 0 Å². The summed E-state index contributed by atoms with van der Waals surface area (Å²) in [4.78, 5) is 0. The molecular formula is C44H32. The average molecular weight is 561 g/mol. The highest BCUT2D eigenvalue weighted by molar-refractivity contribution is 6.33. The van der Waals surface area contributed by atoms with Crippen LogP contribution < -0.4 is 0 Å². The average Bonchev–Trinajstić information content (AvgIpc) is 3.08. The van der Waals surface area contributed by atoms with E-state index in [1.54, 1.807) is 0 Å². The molecule has 0 heteroatoms. The topological polar surface area (TPSA) is 0 Å². The molecular weight excluding hydrogens is 528 g/mol. The lowest BCUT2D eigenvalue weighted by atomic mass is 9.77. The van der Waals surface area contributed by atoms with Crippen molar-refractivity contribution in [2.45, 2.75) is 13.8 Å². The van der Waals surface area contributed by atoms with Crippen molar-refractivity contribution >= 4 is 32.3 Å². The number of hydrogen-bond donors (Lipinski definition) is 0. The van der Waals surface area contributed by atoms with Gasteiger partial charge in [0.1, 0.15) is 0 Å². The fourth-order valence-electron chi connectivity index (χ4n) is 6.98. The number of aryl methyl sites for hydroxylation is 2. The number of rotatable bonds is 4. The third-order valence-corrected chi connectivity index (χ3v) is 8.99. The predicted molar refractivity (Wildman–Crippen MR) is 190 cm³/mol. The standard InChI is InChI=1S/C44H32/c1-29-21-25-33(26-22-29)41-37-19-11-9-17-35(37)40(32-15-7-4-8-16-32)44-42(34-27-23-30(2)24-28-34)38-20-12-10-18-36(38)39(43(41)44)31-13-5-3-6-14-31/h3-28H,1-2H3. The molecule has 0 heterocycles. The van der Waals surface area contributed by atoms with Crippen molar-refractivity contribution in [1.29, 1.82) is 0 Å². The van der Waals surface area contributed by atoms with E-state index in [0.29, 0.717) is 0 Å². The third-order valence-electron chi connectivity index (χ3n) is 8.99. The van der Waals surface area contributed by atoms with E-state index in [4.69, 9.17) is 0 Å². The highest BCUT2D eigenvalue weighted by atomic mass is 14.3. The molecule has 44 heavy (non-hydrogen) atoms. The molecule has 0 fully saturated rings. The van der Waals surface area contributed by atoms with Gasteiger partial charge in [0.15, 0.2) is 0 Å². The van der Waals surface area contributed by atoms with Crippen LogP contribution >= 0.6 is 0 Å². The van der Waals surface area contributed by atoms with Gasteiger partial charge in [-0.3, -0.25) is 0 Å². The summed E-state index contributed by atoms with van der Waals surface area (Å²) in [7, 11) is 0. The summed E-state index contributed by atoms with van der Waals surface area (Å²) in [6.45, 7) is 4.33. The van der Waals surface area contributed by atoms with Gasteiger partial charge in [-0.15, -0.1) is 0 Å². The van der Waals surface area contributed by atoms with Crippen LogP contribution in [0.15, 0.2) is 158 Å². The van der Waals surface area contributed by atoms with Crippen molar-refractivity contribution in [1.82, 2.24) is 0 Å². The number of benzene rings is 8. The normalized spacial score (nSPS) is 11.4. The first kappa shape index (κ1) is 26.2. The van der Waals surface area contributed by atoms with Gasteiger partial charge in [0, 0.05) is 0 Å². The lowest BCUT2D eigenvalue weighted by Gasteiger charge is -2.25. The Morgan fingerprint density at radius 2 is 0.500 bits per heavy atom. The van der Waals surface area contributed by atoms with Gasteiger partial charge in [0.2, 0.25) is 0 Å². The van der Waals surface area contributed by atoms with E-state index < -0.39 is 0 Å². The highest BCUT2D eigenvalue weighted by Crippen LogP contribution is 2.53. The van der Waals surface area contributed by atoms with Crippen LogP contribution in [0, 0.1) is 13.8 Å². The van der Waals surface area contributed by atoms with Crippen LogP contribution in [0.5, 0.6) is 0 Å². The minimum atomic E-state index is 1.23. The largest absolute Gasteiger partial charge is 0.0622 e. The molecule has 208 valence electrons. The minimum absolute atomic E-state index is 1.23. The SMILES string of the molecule is Cc1ccc(-c2c3ccccc3c(-c3ccccc3)c3c(-c4ccc(C)cc4)c4ccccc4c(-c4ccccc4)c23)cc1. The van der Waals surface area contributed by atoms with Gasteiger partial charge in [0.25, 0.3) is 0 Å². The lowest BCUT2D eigenvalue weighted by molar-refractivity contribution is 1.47. The minimum Gasteiger partial charge on any atom is -0.0622 e. The number of hydrogen-bond acceptors (Lipinski definition) is 0. The van der Waals surface area contributed by atoms with E-state index in [-0.39, 0.29) is 0 Å². The molecule has 0 atom stereocenters. The van der Waals surface area contributed by atoms with Crippen LogP contribution in [0.1, 0.15) is 11.1 Å². The molecule has 0 aliphatic carbocycles. The third kappa shape index (κ3) is 4.22. The summed E-state index contributed by atoms with van der Waals surface area (Å²) in [5.41, 5.74) is 12.6. The zero-order valence-electron chi connectivity index (χ0n) is 25.0. The van der Waals surface area contributed by atoms with E-state index in [2.05, 4.69) is 172 Å². The van der Waals surface area contributed by atoms with Gasteiger partial charge >= 0.3 is 0 Å². The lowest BCUT2D eigenvalue weighted by Crippen LogP contribution is -1.97. The Hall–Kier alpha value is -5.46. The second-order valence-electron chi connectivity index (χ2n) is 11.8. The van der Waals surface area contributed by atoms with Crippen LogP contribution in [-0.2, 0) is 0 Å². The molecule has 0 saturated heterocycles. The Balaban J connectivity index is 1.75. The molecule has 0 aliphatic heterocycles. The fraction of sp³-hybridized carbons (Fsp3) is 0.0455. The van der Waals surface area contributed by atoms with Gasteiger partial charge in [0.05, 0.1) is 0 Å². The molecule has 0 aromatic heterocycles. The van der Waals surface area contributed by atoms with Crippen LogP contribution in [-0.4, -0.2) is 0 Å². The van der Waals surface area contributed by atoms with E-state index in [1.165, 1.54) is 88.0 Å². The first-order chi connectivity index (χ1) is 21.7. The summed E-state index contributed by atoms with van der Waals surface area (Å²) in [6, 6.07) is 58.1. The van der Waals surface area contributed by atoms with E-state index in [0.717, 1.165) is 0 Å². The molecule has 8 aromatic carbocycles. The predicted octanol–water partition coefficient (Wildman–Crippen LogP) is 12.4. The molecule has 0 N–H and O–H groups in total. The van der Waals surface area contributed by atoms with Crippen molar-refractivity contribution in [2.75, 3.05) is 0 Å². The smallest absolute Gasteiger partial charge is 0.000139 e. The maximum atomic E-state index is 2.31. The molecule has 0 radical (unpaired) electrons. The van der Waals surface area contributed by atoms with E-state index >= 15 is 0 Å². The van der Waals surface area contributed by atoms with Gasteiger partial charge in [-0.05, 0) is 90.7 Å². The zero-order valence-corrected chi connectivity index (χ0v) is 25.0. The second-order valence-corrected chi connectivity index (χ2v) is 11.8. The summed E-state index contributed by atoms with van der Waals surface area (Å²) < 4.78 is 0. The Morgan fingerprint density at radius 1 is 0.250 bits per heavy atom. The van der Waals surface area contributed by atoms with E-state index in [1.807, 2.05) is 0 Å². The summed E-state index contributed by atoms with van der Waals surface area (Å²) in [5, 5.41) is 7.67. The molecule has 0 unspecified atom stereocenters. The Morgan fingerprint density at radius 3 is 0.795 bits per heavy atom. The Bertz CT molecular complexity index is 2120. The van der Waals surface area contributed by atoms with Gasteiger partial charge in [-0.1, -0.05) is 169 Å². The highest BCUT2D eigenvalue weighted by Gasteiger charge is 2.25. The van der Waals surface area contributed by atoms with Crippen molar-refractivity contribution in [3.8, 4) is 44.5 Å². The molecule has 0 aliphatic rings. The first-order valence-electron chi connectivity index (χ1n) is 15.4. The van der Waals surface area contributed by atoms with Crippen molar-refractivity contribution in [3.05, 3.63) is 169 Å². The molecule has 8 rings (SSSR count). The summed E-state index contributed by atoms with van der Waals surface area (Å²) in [5.74, 6) is 0. The molecule has 0 spiro atoms. The first-order valence-corrected chi connectivity index (χ1v) is 15.4. The van der Waals surface area contributed by atoms with Gasteiger partial charge in [-0.25, -0.2) is 0 Å². The van der Waals surface area contributed by atoms with Crippen molar-refractivity contribution in [2.24, 2.45) is 0 Å². The van der Waals surface area contributed by atoms with Crippen LogP contribution in [0.2, 0.25) is 0 Å². The zero-order chi connectivity index (χ0) is 29.6. The van der Waals surface area contributed by atoms with Crippen LogP contribution in [0.25, 0.3) is 76.8 Å². The molecule has 0 amide bonds. The monoisotopic (exact) mass is 560 g/mol. The van der Waals surface area contributed by atoms with Crippen LogP contribution in [0.4, 0.5) is 0 Å². The second kappa shape index (κ2) is 10.7. The number of fused-ring (bicyclic) bond motifs is 3. The van der Waals surface area contributed by atoms with Gasteiger partial charge in [-0.2, -0.15) is 0 Å². The maximum absolute atomic E-state index is 2.31. The Kier molecular flexibility index (Phi) is 6.35. The van der Waals surface area contributed by atoms with Crippen molar-refractivity contribution in [3.63, 3.8) is 0 Å². The summed E-state index contributed by atoms with van der Waals surface area (Å²) in [6.07, 6.45) is 0. The van der Waals surface area contributed by atoms with Crippen molar-refractivity contribution < 1.29 is 0 Å². The van der Waals surface area contributed by atoms with Crippen LogP contribution in [0.3, 0.4) is 0 Å². The summed E-state index contributed by atoms with van der Waals surface area (Å²) >= 11 is 0. The quantitative estimate of drug-likeness (QED) is 0.188. The molecule has 0 nitrogen and oxygen atoms in total. The fourth-order valence-corrected chi connectivity index (χ4v) is 6.98. The molecule has 0 saturated carbocycles.